The zero-order valence-corrected chi connectivity index (χ0v) is 19.3. The van der Waals surface area contributed by atoms with E-state index in [1.54, 1.807) is 6.20 Å². The Labute approximate surface area is 177 Å². The minimum absolute atomic E-state index is 0.0895. The molecule has 0 amide bonds. The predicted molar refractivity (Wildman–Crippen MR) is 121 cm³/mol. The summed E-state index contributed by atoms with van der Waals surface area (Å²) in [6, 6.07) is 9.27. The molecule has 0 bridgehead atoms. The zero-order chi connectivity index (χ0) is 20.7. The topological polar surface area (TPSA) is 50.2 Å². The summed E-state index contributed by atoms with van der Waals surface area (Å²) in [7, 11) is 2.16. The van der Waals surface area contributed by atoms with Crippen LogP contribution in [0.5, 0.6) is 0 Å². The molecule has 3 rings (SSSR count). The average molecular weight is 449 g/mol. The van der Waals surface area contributed by atoms with E-state index in [1.165, 1.54) is 15.8 Å². The number of aryl methyl sites for hydroxylation is 2. The fourth-order valence-corrected chi connectivity index (χ4v) is 4.12. The van der Waals surface area contributed by atoms with Crippen LogP contribution in [0.2, 0.25) is 0 Å². The Morgan fingerprint density at radius 3 is 2.46 bits per heavy atom. The highest BCUT2D eigenvalue weighted by molar-refractivity contribution is 9.10. The Kier molecular flexibility index (Phi) is 8.70. The van der Waals surface area contributed by atoms with Gasteiger partial charge in [0.1, 0.15) is 4.47 Å². The lowest BCUT2D eigenvalue weighted by Gasteiger charge is -2.37. The number of anilines is 1. The lowest BCUT2D eigenvalue weighted by atomic mass is 9.87. The molecule has 2 unspecified atom stereocenters. The quantitative estimate of drug-likeness (QED) is 0.730. The van der Waals surface area contributed by atoms with E-state index in [2.05, 4.69) is 69.5 Å². The van der Waals surface area contributed by atoms with Crippen LogP contribution in [0.25, 0.3) is 0 Å². The van der Waals surface area contributed by atoms with Gasteiger partial charge in [-0.15, -0.1) is 0 Å². The van der Waals surface area contributed by atoms with Crippen LogP contribution < -0.4 is 10.9 Å². The van der Waals surface area contributed by atoms with Crippen LogP contribution in [0.4, 0.5) is 5.69 Å². The number of piperidine rings is 1. The fourth-order valence-electron chi connectivity index (χ4n) is 3.70. The van der Waals surface area contributed by atoms with Crippen molar-refractivity contribution in [3.63, 3.8) is 0 Å². The third-order valence-corrected chi connectivity index (χ3v) is 5.90. The van der Waals surface area contributed by atoms with Gasteiger partial charge in [0.05, 0.1) is 11.9 Å². The number of benzene rings is 1. The Morgan fingerprint density at radius 2 is 1.86 bits per heavy atom. The van der Waals surface area contributed by atoms with Gasteiger partial charge in [0.25, 0.3) is 5.56 Å². The van der Waals surface area contributed by atoms with Crippen molar-refractivity contribution in [2.24, 2.45) is 0 Å². The minimum Gasteiger partial charge on any atom is -0.379 e. The van der Waals surface area contributed by atoms with Gasteiger partial charge in [-0.3, -0.25) is 4.79 Å². The first-order valence-corrected chi connectivity index (χ1v) is 11.1. The fraction of sp³-hybridized carbons (Fsp3) is 0.545. The first kappa shape index (κ1) is 22.6. The van der Waals surface area contributed by atoms with Crippen molar-refractivity contribution in [1.29, 1.82) is 0 Å². The van der Waals surface area contributed by atoms with Gasteiger partial charge in [-0.2, -0.15) is 5.10 Å². The maximum Gasteiger partial charge on any atom is 0.283 e. The largest absolute Gasteiger partial charge is 0.379 e. The Balaban J connectivity index is 0.00000136. The highest BCUT2D eigenvalue weighted by atomic mass is 79.9. The molecule has 1 aliphatic rings. The first-order valence-electron chi connectivity index (χ1n) is 10.3. The summed E-state index contributed by atoms with van der Waals surface area (Å²) in [5.41, 5.74) is 3.45. The summed E-state index contributed by atoms with van der Waals surface area (Å²) in [4.78, 5) is 14.6. The molecule has 2 heterocycles. The summed E-state index contributed by atoms with van der Waals surface area (Å²) in [6.45, 7) is 10.7. The third-order valence-electron chi connectivity index (χ3n) is 5.14. The molecule has 6 heteroatoms. The maximum atomic E-state index is 12.3. The molecule has 1 aromatic carbocycles. The van der Waals surface area contributed by atoms with Crippen molar-refractivity contribution in [1.82, 2.24) is 14.7 Å². The number of nitrogens with one attached hydrogen (secondary N) is 1. The van der Waals surface area contributed by atoms with Crippen LogP contribution in [-0.2, 0) is 13.0 Å². The highest BCUT2D eigenvalue weighted by Gasteiger charge is 2.27. The summed E-state index contributed by atoms with van der Waals surface area (Å²) in [5, 5.41) is 7.77. The number of likely N-dealkylation sites (N-methyl/N-ethyl adjacent to an activating group) is 1. The average Bonchev–Trinajstić information content (AvgIpc) is 2.73. The van der Waals surface area contributed by atoms with E-state index in [0.717, 1.165) is 31.6 Å². The molecule has 0 aliphatic carbocycles. The molecule has 1 N–H and O–H groups in total. The number of aromatic nitrogens is 2. The van der Waals surface area contributed by atoms with Crippen LogP contribution in [0.3, 0.4) is 0 Å². The summed E-state index contributed by atoms with van der Waals surface area (Å²) in [6.07, 6.45) is 3.85. The van der Waals surface area contributed by atoms with E-state index in [0.29, 0.717) is 16.9 Å². The molecule has 2 aromatic rings. The van der Waals surface area contributed by atoms with Gasteiger partial charge in [-0.1, -0.05) is 45.0 Å². The highest BCUT2D eigenvalue weighted by Crippen LogP contribution is 2.29. The number of hydrogen-bond donors (Lipinski definition) is 1. The van der Waals surface area contributed by atoms with E-state index in [9.17, 15) is 4.79 Å². The van der Waals surface area contributed by atoms with E-state index >= 15 is 0 Å². The lowest BCUT2D eigenvalue weighted by Crippen LogP contribution is -2.43. The second-order valence-corrected chi connectivity index (χ2v) is 7.88. The predicted octanol–water partition coefficient (Wildman–Crippen LogP) is 4.51. The summed E-state index contributed by atoms with van der Waals surface area (Å²) >= 11 is 3.44. The lowest BCUT2D eigenvalue weighted by molar-refractivity contribution is 0.235. The SMILES string of the molecule is CC.CCc1ccc(C2CC(Nc3cnn(CC)c(=O)c3Br)CN(C)C2)cc1. The Hall–Kier alpha value is -1.66. The molecular weight excluding hydrogens is 416 g/mol. The van der Waals surface area contributed by atoms with Gasteiger partial charge in [0.15, 0.2) is 0 Å². The summed E-state index contributed by atoms with van der Waals surface area (Å²) in [5.74, 6) is 0.486. The van der Waals surface area contributed by atoms with Crippen LogP contribution in [0.1, 0.15) is 51.2 Å². The zero-order valence-electron chi connectivity index (χ0n) is 17.7. The number of likely N-dealkylation sites (tertiary alicyclic amines) is 1. The van der Waals surface area contributed by atoms with Crippen molar-refractivity contribution < 1.29 is 0 Å². The molecule has 1 aliphatic heterocycles. The molecule has 1 fully saturated rings. The smallest absolute Gasteiger partial charge is 0.283 e. The maximum absolute atomic E-state index is 12.3. The second-order valence-electron chi connectivity index (χ2n) is 7.08. The van der Waals surface area contributed by atoms with Gasteiger partial charge < -0.3 is 10.2 Å². The molecule has 0 spiro atoms. The molecule has 5 nitrogen and oxygen atoms in total. The number of nitrogens with zero attached hydrogens (tertiary/aromatic N) is 3. The monoisotopic (exact) mass is 448 g/mol. The van der Waals surface area contributed by atoms with Gasteiger partial charge in [0, 0.05) is 25.7 Å². The molecular formula is C22H33BrN4O. The molecule has 1 saturated heterocycles. The summed E-state index contributed by atoms with van der Waals surface area (Å²) < 4.78 is 2.02. The van der Waals surface area contributed by atoms with Crippen LogP contribution >= 0.6 is 15.9 Å². The van der Waals surface area contributed by atoms with E-state index in [4.69, 9.17) is 0 Å². The van der Waals surface area contributed by atoms with Crippen LogP contribution in [0.15, 0.2) is 39.7 Å². The van der Waals surface area contributed by atoms with Gasteiger partial charge in [-0.25, -0.2) is 4.68 Å². The minimum atomic E-state index is -0.0895. The van der Waals surface area contributed by atoms with Gasteiger partial charge in [-0.05, 0) is 59.8 Å². The van der Waals surface area contributed by atoms with Crippen molar-refractivity contribution >= 4 is 21.6 Å². The molecule has 1 aromatic heterocycles. The Bertz CT molecular complexity index is 803. The first-order chi connectivity index (χ1) is 13.5. The standard InChI is InChI=1S/C20H27BrN4O.C2H6/c1-4-14-6-8-15(9-7-14)16-10-17(13-24(3)12-16)23-18-11-22-25(5-2)20(26)19(18)21;1-2/h6-9,11,16-17,23H,4-5,10,12-13H2,1-3H3;1-2H3. The number of hydrogen-bond acceptors (Lipinski definition) is 4. The van der Waals surface area contributed by atoms with Crippen LogP contribution in [-0.4, -0.2) is 40.9 Å². The Morgan fingerprint density at radius 1 is 1.18 bits per heavy atom. The third kappa shape index (κ3) is 5.45. The molecule has 0 saturated carbocycles. The normalized spacial score (nSPS) is 19.6. The van der Waals surface area contributed by atoms with Crippen LogP contribution in [0, 0.1) is 0 Å². The molecule has 2 atom stereocenters. The van der Waals surface area contributed by atoms with E-state index in [-0.39, 0.29) is 11.6 Å². The number of halogens is 1. The molecule has 154 valence electrons. The van der Waals surface area contributed by atoms with Crippen molar-refractivity contribution in [2.75, 3.05) is 25.5 Å². The molecule has 28 heavy (non-hydrogen) atoms. The number of rotatable bonds is 5. The van der Waals surface area contributed by atoms with Gasteiger partial charge in [0.2, 0.25) is 0 Å². The van der Waals surface area contributed by atoms with E-state index < -0.39 is 0 Å². The van der Waals surface area contributed by atoms with Crippen molar-refractivity contribution in [2.45, 2.75) is 59.0 Å². The molecule has 0 radical (unpaired) electrons. The van der Waals surface area contributed by atoms with E-state index in [1.807, 2.05) is 20.8 Å². The van der Waals surface area contributed by atoms with Crippen molar-refractivity contribution in [3.05, 3.63) is 56.4 Å². The van der Waals surface area contributed by atoms with Crippen molar-refractivity contribution in [3.8, 4) is 0 Å². The van der Waals surface area contributed by atoms with Gasteiger partial charge >= 0.3 is 0 Å². The second kappa shape index (κ2) is 10.8.